The van der Waals surface area contributed by atoms with Gasteiger partial charge in [-0.2, -0.15) is 5.26 Å². The van der Waals surface area contributed by atoms with Crippen LogP contribution in [0.2, 0.25) is 5.02 Å². The number of imide groups is 2. The highest BCUT2D eigenvalue weighted by molar-refractivity contribution is 6.31. The number of halogens is 2. The van der Waals surface area contributed by atoms with E-state index in [0.29, 0.717) is 46.9 Å². The van der Waals surface area contributed by atoms with E-state index in [1.54, 1.807) is 30.6 Å². The first-order valence-corrected chi connectivity index (χ1v) is 20.7. The van der Waals surface area contributed by atoms with Gasteiger partial charge in [0, 0.05) is 70.2 Å². The normalized spacial score (nSPS) is 22.9. The average molecular weight is 826 g/mol. The first-order chi connectivity index (χ1) is 28.5. The number of hydrogen-bond acceptors (Lipinski definition) is 12. The lowest BCUT2D eigenvalue weighted by Crippen LogP contribution is -2.54. The molecule has 15 nitrogen and oxygen atoms in total. The molecule has 4 fully saturated rings. The van der Waals surface area contributed by atoms with Crippen molar-refractivity contribution < 1.29 is 33.1 Å². The molecule has 1 unspecified atom stereocenters. The van der Waals surface area contributed by atoms with Crippen molar-refractivity contribution in [1.29, 1.82) is 5.26 Å². The molecular formula is C42H45ClFN9O6. The molecule has 5 amide bonds. The number of benzene rings is 2. The Balaban J connectivity index is 0.745. The number of rotatable bonds is 10. The predicted octanol–water partition coefficient (Wildman–Crippen LogP) is 4.09. The molecule has 3 aromatic rings. The summed E-state index contributed by atoms with van der Waals surface area (Å²) in [6.45, 7) is 5.14. The van der Waals surface area contributed by atoms with Crippen LogP contribution in [0.15, 0.2) is 42.7 Å². The molecule has 3 saturated heterocycles. The molecule has 8 rings (SSSR count). The topological polar surface area (TPSA) is 181 Å². The Kier molecular flexibility index (Phi) is 11.8. The molecule has 1 saturated carbocycles. The van der Waals surface area contributed by atoms with E-state index in [9.17, 15) is 24.0 Å². The monoisotopic (exact) mass is 825 g/mol. The standard InChI is InChI=1S/C42H45ClFN9O6/c43-33-19-30(4-1-26(33)22-45)59-29-5-2-28(3-6-29)48-38(55)27-23-46-42(47-24-27)52-13-10-25(11-14-52)9-12-50-15-17-51(18-16-50)36-21-32-31(20-34(36)44)40(57)53(41(32)58)35-7-8-37(54)49-39(35)56/h1,4,19-21,23-25,28-29,35H,2-3,5-18H2,(H,48,55)(H,49,54,56)/t28-,29-,35?. The van der Waals surface area contributed by atoms with Crippen LogP contribution in [0.25, 0.3) is 0 Å². The molecule has 2 aromatic carbocycles. The van der Waals surface area contributed by atoms with Gasteiger partial charge in [0.1, 0.15) is 23.7 Å². The predicted molar refractivity (Wildman–Crippen MR) is 214 cm³/mol. The van der Waals surface area contributed by atoms with E-state index in [1.807, 2.05) is 11.0 Å². The highest BCUT2D eigenvalue weighted by Crippen LogP contribution is 2.34. The minimum atomic E-state index is -1.10. The molecule has 308 valence electrons. The number of nitrogens with zero attached hydrogens (tertiary/aromatic N) is 7. The van der Waals surface area contributed by atoms with Gasteiger partial charge in [-0.1, -0.05) is 11.6 Å². The molecule has 0 bridgehead atoms. The zero-order valence-corrected chi connectivity index (χ0v) is 33.3. The SMILES string of the molecule is N#Cc1ccc(O[C@H]2CC[C@H](NC(=O)c3cnc(N4CCC(CCN5CCN(c6cc7c(cc6F)C(=O)N(C6CCC(=O)NC6=O)C7=O)CC5)CC4)nc3)CC2)cc1Cl. The zero-order chi connectivity index (χ0) is 41.2. The van der Waals surface area contributed by atoms with E-state index in [0.717, 1.165) is 88.6 Å². The van der Waals surface area contributed by atoms with Crippen LogP contribution in [0, 0.1) is 23.1 Å². The maximum Gasteiger partial charge on any atom is 0.262 e. The molecule has 2 N–H and O–H groups in total. The van der Waals surface area contributed by atoms with Gasteiger partial charge < -0.3 is 19.9 Å². The van der Waals surface area contributed by atoms with Crippen LogP contribution in [-0.4, -0.2) is 113 Å². The number of ether oxygens (including phenoxy) is 1. The average Bonchev–Trinajstić information content (AvgIpc) is 3.48. The molecule has 1 aliphatic carbocycles. The Labute approximate surface area is 345 Å². The Hall–Kier alpha value is -5.66. The van der Waals surface area contributed by atoms with Gasteiger partial charge in [0.2, 0.25) is 17.8 Å². The van der Waals surface area contributed by atoms with Crippen LogP contribution >= 0.6 is 11.6 Å². The van der Waals surface area contributed by atoms with Crippen molar-refractivity contribution in [3.63, 3.8) is 0 Å². The maximum atomic E-state index is 15.4. The first kappa shape index (κ1) is 40.1. The zero-order valence-electron chi connectivity index (χ0n) is 32.5. The largest absolute Gasteiger partial charge is 0.490 e. The number of carbonyl (C=O) groups is 5. The molecule has 17 heteroatoms. The van der Waals surface area contributed by atoms with Crippen molar-refractivity contribution in [2.45, 2.75) is 76.0 Å². The van der Waals surface area contributed by atoms with E-state index in [-0.39, 0.29) is 47.7 Å². The van der Waals surface area contributed by atoms with Crippen molar-refractivity contribution >= 4 is 52.8 Å². The summed E-state index contributed by atoms with van der Waals surface area (Å²) >= 11 is 6.14. The van der Waals surface area contributed by atoms with Crippen LogP contribution in [-0.2, 0) is 9.59 Å². The van der Waals surface area contributed by atoms with Crippen LogP contribution in [0.1, 0.15) is 94.4 Å². The third-order valence-corrected chi connectivity index (χ3v) is 12.6. The fraction of sp³-hybridized carbons (Fsp3) is 0.476. The second-order valence-corrected chi connectivity index (χ2v) is 16.3. The summed E-state index contributed by atoms with van der Waals surface area (Å²) in [5.41, 5.74) is 1.10. The second-order valence-electron chi connectivity index (χ2n) is 15.9. The number of fused-ring (bicyclic) bond motifs is 1. The van der Waals surface area contributed by atoms with Gasteiger partial charge >= 0.3 is 0 Å². The Morgan fingerprint density at radius 2 is 1.59 bits per heavy atom. The number of nitriles is 1. The lowest BCUT2D eigenvalue weighted by atomic mass is 9.92. The number of hydrogen-bond donors (Lipinski definition) is 2. The van der Waals surface area contributed by atoms with Crippen LogP contribution in [0.4, 0.5) is 16.0 Å². The lowest BCUT2D eigenvalue weighted by molar-refractivity contribution is -0.136. The third-order valence-electron chi connectivity index (χ3n) is 12.2. The van der Waals surface area contributed by atoms with Crippen molar-refractivity contribution in [3.8, 4) is 11.8 Å². The minimum absolute atomic E-state index is 0.0131. The summed E-state index contributed by atoms with van der Waals surface area (Å²) in [4.78, 5) is 79.7. The highest BCUT2D eigenvalue weighted by atomic mass is 35.5. The van der Waals surface area contributed by atoms with Crippen LogP contribution in [0.5, 0.6) is 5.75 Å². The molecular weight excluding hydrogens is 781 g/mol. The van der Waals surface area contributed by atoms with Gasteiger partial charge in [-0.25, -0.2) is 14.4 Å². The van der Waals surface area contributed by atoms with E-state index in [2.05, 4.69) is 30.4 Å². The number of aromatic nitrogens is 2. The van der Waals surface area contributed by atoms with Crippen molar-refractivity contribution in [3.05, 3.63) is 75.8 Å². The molecule has 5 aliphatic rings. The van der Waals surface area contributed by atoms with Gasteiger partial charge in [-0.3, -0.25) is 39.1 Å². The summed E-state index contributed by atoms with van der Waals surface area (Å²) in [6, 6.07) is 8.56. The number of anilines is 2. The molecule has 4 aliphatic heterocycles. The molecule has 1 aromatic heterocycles. The molecule has 0 radical (unpaired) electrons. The fourth-order valence-corrected chi connectivity index (χ4v) is 8.98. The Bertz CT molecular complexity index is 2180. The van der Waals surface area contributed by atoms with Crippen molar-refractivity contribution in [2.24, 2.45) is 5.92 Å². The van der Waals surface area contributed by atoms with Crippen molar-refractivity contribution in [1.82, 2.24) is 30.4 Å². The highest BCUT2D eigenvalue weighted by Gasteiger charge is 2.45. The van der Waals surface area contributed by atoms with Crippen LogP contribution < -0.4 is 25.2 Å². The van der Waals surface area contributed by atoms with E-state index in [1.165, 1.54) is 6.07 Å². The van der Waals surface area contributed by atoms with Crippen LogP contribution in [0.3, 0.4) is 0 Å². The van der Waals surface area contributed by atoms with Crippen molar-refractivity contribution in [2.75, 3.05) is 55.6 Å². The van der Waals surface area contributed by atoms with E-state index >= 15 is 4.39 Å². The fourth-order valence-electron chi connectivity index (χ4n) is 8.77. The summed E-state index contributed by atoms with van der Waals surface area (Å²) < 4.78 is 21.5. The summed E-state index contributed by atoms with van der Waals surface area (Å²) in [5, 5.41) is 14.7. The number of nitrogens with one attached hydrogen (secondary N) is 2. The quantitative estimate of drug-likeness (QED) is 0.280. The van der Waals surface area contributed by atoms with Gasteiger partial charge in [0.05, 0.1) is 39.1 Å². The van der Waals surface area contributed by atoms with Gasteiger partial charge in [-0.05, 0) is 88.1 Å². The Morgan fingerprint density at radius 1 is 0.898 bits per heavy atom. The maximum absolute atomic E-state index is 15.4. The number of carbonyl (C=O) groups excluding carboxylic acids is 5. The second kappa shape index (κ2) is 17.3. The first-order valence-electron chi connectivity index (χ1n) is 20.3. The minimum Gasteiger partial charge on any atom is -0.490 e. The third kappa shape index (κ3) is 8.72. The number of piperazine rings is 1. The van der Waals surface area contributed by atoms with Gasteiger partial charge in [0.25, 0.3) is 17.7 Å². The molecule has 59 heavy (non-hydrogen) atoms. The lowest BCUT2D eigenvalue weighted by Gasteiger charge is -2.38. The van der Waals surface area contributed by atoms with E-state index in [4.69, 9.17) is 21.6 Å². The molecule has 0 spiro atoms. The van der Waals surface area contributed by atoms with E-state index < -0.39 is 35.5 Å². The number of piperidine rings is 2. The summed E-state index contributed by atoms with van der Waals surface area (Å²) in [5.74, 6) is -1.52. The van der Waals surface area contributed by atoms with Gasteiger partial charge in [-0.15, -0.1) is 0 Å². The molecule has 1 atom stereocenters. The summed E-state index contributed by atoms with van der Waals surface area (Å²) in [6.07, 6.45) is 9.42. The Morgan fingerprint density at radius 3 is 2.25 bits per heavy atom. The molecule has 5 heterocycles. The summed E-state index contributed by atoms with van der Waals surface area (Å²) in [7, 11) is 0. The smallest absolute Gasteiger partial charge is 0.262 e. The van der Waals surface area contributed by atoms with Gasteiger partial charge in [0.15, 0.2) is 0 Å². The number of amides is 5.